The van der Waals surface area contributed by atoms with Crippen LogP contribution in [0.3, 0.4) is 0 Å². The summed E-state index contributed by atoms with van der Waals surface area (Å²) in [5.41, 5.74) is 2.63. The Morgan fingerprint density at radius 1 is 1.15 bits per heavy atom. The number of nitrogens with one attached hydrogen (secondary N) is 1. The molecule has 2 heterocycles. The average Bonchev–Trinajstić information content (AvgIpc) is 3.24. The summed E-state index contributed by atoms with van der Waals surface area (Å²) in [5, 5.41) is 10.5. The van der Waals surface area contributed by atoms with E-state index in [0.29, 0.717) is 25.4 Å². The summed E-state index contributed by atoms with van der Waals surface area (Å²) in [4.78, 5) is 14.3. The number of hydrogen-bond acceptors (Lipinski definition) is 5. The van der Waals surface area contributed by atoms with Crippen molar-refractivity contribution in [3.63, 3.8) is 0 Å². The number of rotatable bonds is 4. The first-order valence-electron chi connectivity index (χ1n) is 10.3. The second kappa shape index (κ2) is 9.35. The number of nitrogens with zero attached hydrogens (tertiary/aromatic N) is 3. The van der Waals surface area contributed by atoms with E-state index < -0.39 is 6.36 Å². The van der Waals surface area contributed by atoms with Crippen molar-refractivity contribution in [2.24, 2.45) is 5.92 Å². The van der Waals surface area contributed by atoms with Gasteiger partial charge in [0.05, 0.1) is 0 Å². The molecule has 2 aromatic carbocycles. The van der Waals surface area contributed by atoms with Crippen molar-refractivity contribution in [2.75, 3.05) is 18.4 Å². The monoisotopic (exact) mass is 458 g/mol. The minimum absolute atomic E-state index is 0.0222. The lowest BCUT2D eigenvalue weighted by molar-refractivity contribution is -0.274. The number of benzene rings is 2. The first kappa shape index (κ1) is 22.4. The van der Waals surface area contributed by atoms with Crippen LogP contribution < -0.4 is 10.1 Å². The van der Waals surface area contributed by atoms with Crippen LogP contribution in [0.2, 0.25) is 0 Å². The van der Waals surface area contributed by atoms with Gasteiger partial charge in [0, 0.05) is 18.7 Å². The van der Waals surface area contributed by atoms with E-state index in [9.17, 15) is 18.0 Å². The molecule has 1 saturated heterocycles. The number of piperidine rings is 1. The minimum Gasteiger partial charge on any atom is -0.406 e. The molecule has 4 rings (SSSR count). The number of hydrogen-bond donors (Lipinski definition) is 1. The SMILES string of the molecule is CC1CN(C(=O)Nc2nnc(-c3ccccc3)o2)CC/C1=C\c1ccc(OC(F)(F)F)cc1. The maximum atomic E-state index is 12.6. The quantitative estimate of drug-likeness (QED) is 0.551. The fraction of sp³-hybridized carbons (Fsp3) is 0.261. The van der Waals surface area contributed by atoms with Gasteiger partial charge >= 0.3 is 18.4 Å². The molecule has 0 spiro atoms. The van der Waals surface area contributed by atoms with E-state index >= 15 is 0 Å². The summed E-state index contributed by atoms with van der Waals surface area (Å²) in [6.07, 6.45) is -2.15. The zero-order chi connectivity index (χ0) is 23.4. The molecule has 3 aromatic rings. The molecule has 0 saturated carbocycles. The van der Waals surface area contributed by atoms with E-state index in [0.717, 1.165) is 16.7 Å². The standard InChI is InChI=1S/C23H21F3N4O3/c1-15-14-30(22(31)27-21-29-28-20(32-21)17-5-3-2-4-6-17)12-11-18(15)13-16-7-9-19(10-8-16)33-23(24,25)26/h2-10,13,15H,11-12,14H2,1H3,(H,27,29,31)/b18-13+. The summed E-state index contributed by atoms with van der Waals surface area (Å²) >= 11 is 0. The summed E-state index contributed by atoms with van der Waals surface area (Å²) in [6.45, 7) is 2.95. The number of halogens is 3. The summed E-state index contributed by atoms with van der Waals surface area (Å²) in [5.74, 6) is 0.119. The predicted octanol–water partition coefficient (Wildman–Crippen LogP) is 5.59. The van der Waals surface area contributed by atoms with Gasteiger partial charge in [0.25, 0.3) is 0 Å². The largest absolute Gasteiger partial charge is 0.573 e. The van der Waals surface area contributed by atoms with E-state index in [-0.39, 0.29) is 23.7 Å². The van der Waals surface area contributed by atoms with Crippen LogP contribution in [0, 0.1) is 5.92 Å². The Kier molecular flexibility index (Phi) is 6.34. The van der Waals surface area contributed by atoms with Crippen molar-refractivity contribution in [2.45, 2.75) is 19.7 Å². The van der Waals surface area contributed by atoms with Gasteiger partial charge in [0.2, 0.25) is 5.89 Å². The molecule has 7 nitrogen and oxygen atoms in total. The van der Waals surface area contributed by atoms with Gasteiger partial charge in [-0.25, -0.2) is 4.79 Å². The molecule has 2 amide bonds. The first-order chi connectivity index (χ1) is 15.8. The molecule has 0 aliphatic carbocycles. The van der Waals surface area contributed by atoms with Gasteiger partial charge in [0.1, 0.15) is 5.75 Å². The number of carbonyl (C=O) groups excluding carboxylic acids is 1. The van der Waals surface area contributed by atoms with Crippen LogP contribution in [0.5, 0.6) is 5.75 Å². The van der Waals surface area contributed by atoms with Crippen LogP contribution in [0.4, 0.5) is 24.0 Å². The van der Waals surface area contributed by atoms with Crippen LogP contribution in [-0.4, -0.2) is 40.6 Å². The van der Waals surface area contributed by atoms with Gasteiger partial charge in [-0.1, -0.05) is 54.0 Å². The van der Waals surface area contributed by atoms with Crippen LogP contribution in [-0.2, 0) is 0 Å². The maximum absolute atomic E-state index is 12.6. The van der Waals surface area contributed by atoms with Gasteiger partial charge in [-0.15, -0.1) is 18.3 Å². The number of ether oxygens (including phenoxy) is 1. The lowest BCUT2D eigenvalue weighted by Crippen LogP contribution is -2.42. The molecule has 33 heavy (non-hydrogen) atoms. The molecule has 1 aromatic heterocycles. The zero-order valence-electron chi connectivity index (χ0n) is 17.7. The Hall–Kier alpha value is -3.82. The third kappa shape index (κ3) is 5.91. The number of carbonyl (C=O) groups is 1. The molecule has 1 unspecified atom stereocenters. The number of amides is 2. The topological polar surface area (TPSA) is 80.5 Å². The van der Waals surface area contributed by atoms with Crippen LogP contribution in [0.15, 0.2) is 64.6 Å². The Labute approximate surface area is 187 Å². The molecular weight excluding hydrogens is 437 g/mol. The molecule has 0 radical (unpaired) electrons. The van der Waals surface area contributed by atoms with Gasteiger partial charge < -0.3 is 14.1 Å². The Morgan fingerprint density at radius 3 is 2.55 bits per heavy atom. The van der Waals surface area contributed by atoms with E-state index in [4.69, 9.17) is 4.42 Å². The Morgan fingerprint density at radius 2 is 1.88 bits per heavy atom. The highest BCUT2D eigenvalue weighted by Gasteiger charge is 2.31. The first-order valence-corrected chi connectivity index (χ1v) is 10.3. The fourth-order valence-electron chi connectivity index (χ4n) is 3.57. The molecular formula is C23H21F3N4O3. The number of anilines is 1. The minimum atomic E-state index is -4.72. The number of alkyl halides is 3. The third-order valence-electron chi connectivity index (χ3n) is 5.21. The average molecular weight is 458 g/mol. The lowest BCUT2D eigenvalue weighted by Gasteiger charge is -2.32. The van der Waals surface area contributed by atoms with E-state index in [2.05, 4.69) is 20.3 Å². The second-order valence-corrected chi connectivity index (χ2v) is 7.64. The summed E-state index contributed by atoms with van der Waals surface area (Å²) in [7, 11) is 0. The molecule has 1 atom stereocenters. The third-order valence-corrected chi connectivity index (χ3v) is 5.21. The van der Waals surface area contributed by atoms with Crippen molar-refractivity contribution in [3.8, 4) is 17.2 Å². The molecule has 0 bridgehead atoms. The van der Waals surface area contributed by atoms with E-state index in [1.165, 1.54) is 12.1 Å². The smallest absolute Gasteiger partial charge is 0.406 e. The van der Waals surface area contributed by atoms with Crippen molar-refractivity contribution in [1.82, 2.24) is 15.1 Å². The summed E-state index contributed by atoms with van der Waals surface area (Å²) < 4.78 is 46.3. The molecule has 1 fully saturated rings. The highest BCUT2D eigenvalue weighted by Crippen LogP contribution is 2.28. The van der Waals surface area contributed by atoms with Gasteiger partial charge in [-0.2, -0.15) is 0 Å². The zero-order valence-corrected chi connectivity index (χ0v) is 17.7. The fourth-order valence-corrected chi connectivity index (χ4v) is 3.57. The number of aromatic nitrogens is 2. The Balaban J connectivity index is 1.34. The molecule has 172 valence electrons. The summed E-state index contributed by atoms with van der Waals surface area (Å²) in [6, 6.07) is 14.6. The highest BCUT2D eigenvalue weighted by molar-refractivity contribution is 5.87. The Bertz CT molecular complexity index is 1130. The van der Waals surface area contributed by atoms with Crippen LogP contribution >= 0.6 is 0 Å². The highest BCUT2D eigenvalue weighted by atomic mass is 19.4. The second-order valence-electron chi connectivity index (χ2n) is 7.64. The van der Waals surface area contributed by atoms with Crippen molar-refractivity contribution in [1.29, 1.82) is 0 Å². The van der Waals surface area contributed by atoms with Crippen molar-refractivity contribution < 1.29 is 27.1 Å². The van der Waals surface area contributed by atoms with Crippen molar-refractivity contribution >= 4 is 18.1 Å². The van der Waals surface area contributed by atoms with Crippen LogP contribution in [0.1, 0.15) is 18.9 Å². The maximum Gasteiger partial charge on any atom is 0.573 e. The lowest BCUT2D eigenvalue weighted by atomic mass is 9.91. The van der Waals surface area contributed by atoms with Gasteiger partial charge in [-0.05, 0) is 42.2 Å². The molecule has 10 heteroatoms. The number of urea groups is 1. The predicted molar refractivity (Wildman–Crippen MR) is 115 cm³/mol. The van der Waals surface area contributed by atoms with Gasteiger partial charge in [0.15, 0.2) is 0 Å². The normalized spacial score (nSPS) is 17.8. The van der Waals surface area contributed by atoms with E-state index in [1.54, 1.807) is 17.0 Å². The van der Waals surface area contributed by atoms with E-state index in [1.807, 2.05) is 43.3 Å². The number of likely N-dealkylation sites (tertiary alicyclic amines) is 1. The molecule has 1 N–H and O–H groups in total. The van der Waals surface area contributed by atoms with Crippen LogP contribution in [0.25, 0.3) is 17.5 Å². The van der Waals surface area contributed by atoms with Crippen molar-refractivity contribution in [3.05, 3.63) is 65.7 Å². The van der Waals surface area contributed by atoms with Gasteiger partial charge in [-0.3, -0.25) is 5.32 Å². The molecule has 1 aliphatic heterocycles. The molecule has 1 aliphatic rings.